The number of hydrogen-bond acceptors (Lipinski definition) is 4. The van der Waals surface area contributed by atoms with Gasteiger partial charge in [0.05, 0.1) is 11.9 Å². The number of nitrogen functional groups attached to an aromatic ring is 1. The van der Waals surface area contributed by atoms with Crippen molar-refractivity contribution in [3.63, 3.8) is 0 Å². The van der Waals surface area contributed by atoms with Gasteiger partial charge >= 0.3 is 0 Å². The average Bonchev–Trinajstić information content (AvgIpc) is 2.33. The third-order valence-corrected chi connectivity index (χ3v) is 3.81. The van der Waals surface area contributed by atoms with E-state index in [9.17, 15) is 17.2 Å². The van der Waals surface area contributed by atoms with Crippen molar-refractivity contribution in [2.45, 2.75) is 11.8 Å². The fraction of sp³-hybridized carbons (Fsp3) is 0.0833. The molecule has 3 N–H and O–H groups in total. The normalized spacial score (nSPS) is 11.3. The first-order valence-corrected chi connectivity index (χ1v) is 6.97. The van der Waals surface area contributed by atoms with Crippen molar-refractivity contribution in [3.8, 4) is 0 Å². The second-order valence-corrected chi connectivity index (χ2v) is 5.82. The van der Waals surface area contributed by atoms with Crippen LogP contribution < -0.4 is 10.5 Å². The van der Waals surface area contributed by atoms with Crippen LogP contribution in [0.15, 0.2) is 35.5 Å². The van der Waals surface area contributed by atoms with Gasteiger partial charge in [0.25, 0.3) is 10.0 Å². The fourth-order valence-electron chi connectivity index (χ4n) is 1.60. The van der Waals surface area contributed by atoms with Gasteiger partial charge in [0.15, 0.2) is 11.6 Å². The van der Waals surface area contributed by atoms with E-state index >= 15 is 0 Å². The topological polar surface area (TPSA) is 85.1 Å². The summed E-state index contributed by atoms with van der Waals surface area (Å²) in [6.07, 6.45) is 2.78. The van der Waals surface area contributed by atoms with Gasteiger partial charge in [-0.1, -0.05) is 0 Å². The quantitative estimate of drug-likeness (QED) is 0.849. The summed E-state index contributed by atoms with van der Waals surface area (Å²) in [5, 5.41) is 0. The Morgan fingerprint density at radius 3 is 2.55 bits per heavy atom. The van der Waals surface area contributed by atoms with Crippen molar-refractivity contribution in [2.75, 3.05) is 10.5 Å². The SMILES string of the molecule is Cc1cncc(NS(=O)(=O)c2cc(N)cc(F)c2F)c1. The Balaban J connectivity index is 2.46. The fourth-order valence-corrected chi connectivity index (χ4v) is 2.76. The Labute approximate surface area is 114 Å². The van der Waals surface area contributed by atoms with Crippen molar-refractivity contribution in [1.29, 1.82) is 0 Å². The first kappa shape index (κ1) is 14.2. The minimum atomic E-state index is -4.29. The third kappa shape index (κ3) is 2.85. The number of sulfonamides is 1. The van der Waals surface area contributed by atoms with E-state index in [1.54, 1.807) is 6.92 Å². The minimum absolute atomic E-state index is 0.146. The molecule has 0 spiro atoms. The summed E-state index contributed by atoms with van der Waals surface area (Å²) < 4.78 is 53.0. The summed E-state index contributed by atoms with van der Waals surface area (Å²) in [7, 11) is -4.29. The first-order chi connectivity index (χ1) is 9.29. The Bertz CT molecular complexity index is 763. The molecule has 2 rings (SSSR count). The maximum Gasteiger partial charge on any atom is 0.265 e. The lowest BCUT2D eigenvalue weighted by Gasteiger charge is -2.10. The van der Waals surface area contributed by atoms with Crippen molar-refractivity contribution in [3.05, 3.63) is 47.8 Å². The molecule has 0 saturated heterocycles. The largest absolute Gasteiger partial charge is 0.399 e. The number of pyridine rings is 1. The van der Waals surface area contributed by atoms with Gasteiger partial charge in [-0.05, 0) is 30.7 Å². The number of hydrogen-bond donors (Lipinski definition) is 2. The van der Waals surface area contributed by atoms with Gasteiger partial charge in [-0.3, -0.25) is 9.71 Å². The highest BCUT2D eigenvalue weighted by atomic mass is 32.2. The Morgan fingerprint density at radius 1 is 1.20 bits per heavy atom. The van der Waals surface area contributed by atoms with Crippen LogP contribution in [0.1, 0.15) is 5.56 Å². The first-order valence-electron chi connectivity index (χ1n) is 5.48. The highest BCUT2D eigenvalue weighted by Gasteiger charge is 2.23. The van der Waals surface area contributed by atoms with Gasteiger partial charge in [0.1, 0.15) is 4.90 Å². The van der Waals surface area contributed by atoms with E-state index in [0.717, 1.165) is 6.07 Å². The van der Waals surface area contributed by atoms with Crippen molar-refractivity contribution in [1.82, 2.24) is 4.98 Å². The minimum Gasteiger partial charge on any atom is -0.399 e. The number of aromatic nitrogens is 1. The van der Waals surface area contributed by atoms with Crippen molar-refractivity contribution < 1.29 is 17.2 Å². The van der Waals surface area contributed by atoms with Gasteiger partial charge in [0, 0.05) is 11.9 Å². The summed E-state index contributed by atoms with van der Waals surface area (Å²) >= 11 is 0. The monoisotopic (exact) mass is 299 g/mol. The predicted molar refractivity (Wildman–Crippen MR) is 70.6 cm³/mol. The Hall–Kier alpha value is -2.22. The van der Waals surface area contributed by atoms with E-state index in [2.05, 4.69) is 9.71 Å². The summed E-state index contributed by atoms with van der Waals surface area (Å²) in [6.45, 7) is 1.71. The maximum absolute atomic E-state index is 13.6. The number of nitrogens with two attached hydrogens (primary N) is 1. The Kier molecular flexibility index (Phi) is 3.58. The molecule has 0 saturated carbocycles. The molecule has 0 fully saturated rings. The van der Waals surface area contributed by atoms with E-state index in [4.69, 9.17) is 5.73 Å². The number of halogens is 2. The average molecular weight is 299 g/mol. The summed E-state index contributed by atoms with van der Waals surface area (Å²) in [6, 6.07) is 3.07. The molecule has 0 amide bonds. The smallest absolute Gasteiger partial charge is 0.265 e. The standard InChI is InChI=1S/C12H11F2N3O2S/c1-7-2-9(6-16-5-7)17-20(18,19)11-4-8(15)3-10(13)12(11)14/h2-6,17H,15H2,1H3. The molecule has 8 heteroatoms. The summed E-state index contributed by atoms with van der Waals surface area (Å²) in [5.41, 5.74) is 6.00. The molecule has 5 nitrogen and oxygen atoms in total. The molecule has 2 aromatic rings. The van der Waals surface area contributed by atoms with Crippen LogP contribution >= 0.6 is 0 Å². The number of anilines is 2. The molecular formula is C12H11F2N3O2S. The second kappa shape index (κ2) is 5.04. The third-order valence-electron chi connectivity index (χ3n) is 2.43. The number of aryl methyl sites for hydroxylation is 1. The van der Waals surface area contributed by atoms with Gasteiger partial charge in [-0.25, -0.2) is 17.2 Å². The Morgan fingerprint density at radius 2 is 1.90 bits per heavy atom. The van der Waals surface area contributed by atoms with Crippen LogP contribution in [0.3, 0.4) is 0 Å². The van der Waals surface area contributed by atoms with Crippen LogP contribution in [0.25, 0.3) is 0 Å². The lowest BCUT2D eigenvalue weighted by Crippen LogP contribution is -2.16. The number of rotatable bonds is 3. The summed E-state index contributed by atoms with van der Waals surface area (Å²) in [4.78, 5) is 2.95. The second-order valence-electron chi connectivity index (χ2n) is 4.17. The zero-order chi connectivity index (χ0) is 14.9. The molecule has 0 radical (unpaired) electrons. The zero-order valence-electron chi connectivity index (χ0n) is 10.4. The molecule has 106 valence electrons. The number of nitrogens with one attached hydrogen (secondary N) is 1. The van der Waals surface area contributed by atoms with Crippen molar-refractivity contribution in [2.24, 2.45) is 0 Å². The molecule has 1 aromatic heterocycles. The van der Waals surface area contributed by atoms with E-state index in [1.165, 1.54) is 18.5 Å². The molecule has 0 atom stereocenters. The maximum atomic E-state index is 13.6. The molecule has 1 heterocycles. The van der Waals surface area contributed by atoms with Crippen LogP contribution in [0.4, 0.5) is 20.2 Å². The van der Waals surface area contributed by atoms with Gasteiger partial charge in [-0.2, -0.15) is 0 Å². The van der Waals surface area contributed by atoms with E-state index < -0.39 is 26.6 Å². The van der Waals surface area contributed by atoms with Crippen LogP contribution in [-0.4, -0.2) is 13.4 Å². The molecule has 0 aliphatic rings. The van der Waals surface area contributed by atoms with Crippen LogP contribution in [0.5, 0.6) is 0 Å². The van der Waals surface area contributed by atoms with E-state index in [0.29, 0.717) is 11.6 Å². The number of benzene rings is 1. The highest BCUT2D eigenvalue weighted by molar-refractivity contribution is 7.92. The zero-order valence-corrected chi connectivity index (χ0v) is 11.2. The number of nitrogens with zero attached hydrogens (tertiary/aromatic N) is 1. The van der Waals surface area contributed by atoms with Crippen LogP contribution in [0.2, 0.25) is 0 Å². The highest BCUT2D eigenvalue weighted by Crippen LogP contribution is 2.23. The van der Waals surface area contributed by atoms with Gasteiger partial charge in [0.2, 0.25) is 0 Å². The van der Waals surface area contributed by atoms with Crippen molar-refractivity contribution >= 4 is 21.4 Å². The van der Waals surface area contributed by atoms with Gasteiger partial charge < -0.3 is 5.73 Å². The molecule has 0 unspecified atom stereocenters. The molecule has 20 heavy (non-hydrogen) atoms. The van der Waals surface area contributed by atoms with E-state index in [-0.39, 0.29) is 11.4 Å². The lowest BCUT2D eigenvalue weighted by molar-refractivity contribution is 0.486. The lowest BCUT2D eigenvalue weighted by atomic mass is 10.3. The molecule has 0 aliphatic heterocycles. The summed E-state index contributed by atoms with van der Waals surface area (Å²) in [5.74, 6) is -2.81. The van der Waals surface area contributed by atoms with Gasteiger partial charge in [-0.15, -0.1) is 0 Å². The van der Waals surface area contributed by atoms with E-state index in [1.807, 2.05) is 0 Å². The predicted octanol–water partition coefficient (Wildman–Crippen LogP) is 2.05. The molecule has 1 aromatic carbocycles. The molecular weight excluding hydrogens is 288 g/mol. The van der Waals surface area contributed by atoms with Crippen LogP contribution in [-0.2, 0) is 10.0 Å². The molecule has 0 aliphatic carbocycles. The van der Waals surface area contributed by atoms with Crippen LogP contribution in [0, 0.1) is 18.6 Å². The molecule has 0 bridgehead atoms.